The van der Waals surface area contributed by atoms with Crippen molar-refractivity contribution in [3.05, 3.63) is 32.6 Å². The van der Waals surface area contributed by atoms with Crippen molar-refractivity contribution in [1.82, 2.24) is 14.6 Å². The van der Waals surface area contributed by atoms with E-state index in [9.17, 15) is 39.6 Å². The van der Waals surface area contributed by atoms with Crippen LogP contribution in [0.2, 0.25) is 0 Å². The monoisotopic (exact) mass is 421 g/mol. The van der Waals surface area contributed by atoms with E-state index in [0.29, 0.717) is 17.4 Å². The summed E-state index contributed by atoms with van der Waals surface area (Å²) in [5.41, 5.74) is -5.39. The molecule has 1 saturated heterocycles. The third kappa shape index (κ3) is 4.01. The summed E-state index contributed by atoms with van der Waals surface area (Å²) in [5, 5.41) is 51.9. The fourth-order valence-electron chi connectivity index (χ4n) is 3.34. The molecule has 1 aromatic rings. The van der Waals surface area contributed by atoms with Gasteiger partial charge in [-0.15, -0.1) is 5.06 Å². The number of aliphatic hydroxyl groups excluding tert-OH is 2. The Morgan fingerprint density at radius 2 is 2.00 bits per heavy atom. The first-order valence-electron chi connectivity index (χ1n) is 9.41. The summed E-state index contributed by atoms with van der Waals surface area (Å²) in [6, 6.07) is 0. The molecule has 0 aliphatic carbocycles. The summed E-state index contributed by atoms with van der Waals surface area (Å²) in [4.78, 5) is 25.7. The highest BCUT2D eigenvalue weighted by atomic mass is 19.1. The van der Waals surface area contributed by atoms with Gasteiger partial charge in [-0.05, 0) is 19.8 Å². The topological polar surface area (TPSA) is 168 Å². The van der Waals surface area contributed by atoms with Crippen molar-refractivity contribution >= 4 is 0 Å². The van der Waals surface area contributed by atoms with Gasteiger partial charge < -0.3 is 30.4 Å². The maximum Gasteiger partial charge on any atom is 0.332 e. The van der Waals surface area contributed by atoms with E-state index in [1.165, 1.54) is 6.92 Å². The molecule has 0 radical (unpaired) electrons. The zero-order valence-corrected chi connectivity index (χ0v) is 16.3. The van der Waals surface area contributed by atoms with Crippen LogP contribution in [0.1, 0.15) is 44.6 Å². The minimum atomic E-state index is -3.28. The molecule has 0 amide bonds. The van der Waals surface area contributed by atoms with Crippen LogP contribution < -0.4 is 11.2 Å². The van der Waals surface area contributed by atoms with Gasteiger partial charge >= 0.3 is 11.6 Å². The van der Waals surface area contributed by atoms with Crippen LogP contribution in [0.25, 0.3) is 0 Å². The smallest absolute Gasteiger partial charge is 0.332 e. The molecule has 2 heterocycles. The predicted molar refractivity (Wildman–Crippen MR) is 96.4 cm³/mol. The maximum absolute atomic E-state index is 14.7. The van der Waals surface area contributed by atoms with E-state index in [1.54, 1.807) is 0 Å². The van der Waals surface area contributed by atoms with E-state index < -0.39 is 48.0 Å². The number of aryl methyl sites for hydroxylation is 1. The van der Waals surface area contributed by atoms with Gasteiger partial charge in [-0.1, -0.05) is 26.2 Å². The quantitative estimate of drug-likeness (QED) is 0.125. The van der Waals surface area contributed by atoms with E-state index in [2.05, 4.69) is 0 Å². The molecule has 1 aromatic heterocycles. The Balaban J connectivity index is 2.48. The van der Waals surface area contributed by atoms with Gasteiger partial charge in [0.15, 0.2) is 6.30 Å². The number of aromatic nitrogens is 2. The number of hydrogen-bond acceptors (Lipinski definition) is 9. The number of alkyl halides is 1. The number of nitrogens with one attached hydrogen (secondary N) is 1. The average Bonchev–Trinajstić information content (AvgIpc) is 2.89. The highest BCUT2D eigenvalue weighted by Crippen LogP contribution is 2.44. The van der Waals surface area contributed by atoms with Gasteiger partial charge in [0.1, 0.15) is 12.2 Å². The summed E-state index contributed by atoms with van der Waals surface area (Å²) >= 11 is 0. The number of halogens is 1. The van der Waals surface area contributed by atoms with E-state index in [0.717, 1.165) is 19.0 Å². The lowest BCUT2D eigenvalue weighted by Crippen LogP contribution is -2.69. The first-order chi connectivity index (χ1) is 13.5. The molecule has 12 heteroatoms. The summed E-state index contributed by atoms with van der Waals surface area (Å²) in [5.74, 6) is -3.23. The number of aromatic amines is 1. The fraction of sp³-hybridized carbons (Fsp3) is 0.765. The molecule has 2 rings (SSSR count). The van der Waals surface area contributed by atoms with E-state index in [-0.39, 0.29) is 17.0 Å². The lowest BCUT2D eigenvalue weighted by atomic mass is 10.00. The van der Waals surface area contributed by atoms with Crippen molar-refractivity contribution in [2.75, 3.05) is 6.61 Å². The second kappa shape index (κ2) is 9.00. The maximum atomic E-state index is 14.7. The first kappa shape index (κ1) is 23.6. The van der Waals surface area contributed by atoms with Crippen LogP contribution in [0.15, 0.2) is 15.8 Å². The molecule has 1 aliphatic rings. The largest absolute Gasteiger partial charge is 0.394 e. The van der Waals surface area contributed by atoms with E-state index in [1.807, 2.05) is 11.9 Å². The Morgan fingerprint density at radius 3 is 2.59 bits per heavy atom. The number of nitrogens with zero attached hydrogens (tertiary/aromatic N) is 2. The van der Waals surface area contributed by atoms with E-state index >= 15 is 0 Å². The second-order valence-electron chi connectivity index (χ2n) is 7.19. The summed E-state index contributed by atoms with van der Waals surface area (Å²) in [6.45, 7) is 2.32. The van der Waals surface area contributed by atoms with Crippen molar-refractivity contribution in [3.8, 4) is 0 Å². The highest BCUT2D eigenvalue weighted by Gasteiger charge is 2.71. The van der Waals surface area contributed by atoms with Gasteiger partial charge in [0.25, 0.3) is 5.56 Å². The Bertz CT molecular complexity index is 817. The zero-order valence-electron chi connectivity index (χ0n) is 16.3. The van der Waals surface area contributed by atoms with Gasteiger partial charge in [-0.25, -0.2) is 13.8 Å². The molecule has 0 aromatic carbocycles. The molecule has 0 spiro atoms. The average molecular weight is 421 g/mol. The van der Waals surface area contributed by atoms with Crippen molar-refractivity contribution in [1.29, 1.82) is 0 Å². The molecule has 0 saturated carbocycles. The SMILES string of the molecule is CCCCCCC(F)N(O)[C@@]1(O)[C@H](O)[C@@H](CO)O[C@@]1(O)n1cc(C)c(=O)[nH]c1=O. The minimum Gasteiger partial charge on any atom is -0.394 e. The number of aliphatic hydroxyl groups is 4. The molecule has 166 valence electrons. The fourth-order valence-corrected chi connectivity index (χ4v) is 3.34. The Morgan fingerprint density at radius 1 is 1.34 bits per heavy atom. The standard InChI is InChI=1S/C17H28FN3O8/c1-3-4-5-6-7-12(18)21(28)16(26)13(23)11(9-22)29-17(16,27)20-8-10(2)14(24)19-15(20)25/h8,11-13,22-23,26-28H,3-7,9H2,1-2H3,(H,19,24,25)/t11-,12?,13-,16-,17-/m1/s1. The van der Waals surface area contributed by atoms with Crippen molar-refractivity contribution in [3.63, 3.8) is 0 Å². The second-order valence-corrected chi connectivity index (χ2v) is 7.19. The van der Waals surface area contributed by atoms with Crippen LogP contribution in [0.5, 0.6) is 0 Å². The normalized spacial score (nSPS) is 30.8. The van der Waals surface area contributed by atoms with Crippen molar-refractivity contribution in [2.24, 2.45) is 0 Å². The van der Waals surface area contributed by atoms with Crippen LogP contribution in [0.4, 0.5) is 4.39 Å². The number of rotatable bonds is 9. The zero-order chi connectivity index (χ0) is 22.0. The first-order valence-corrected chi connectivity index (χ1v) is 9.41. The minimum absolute atomic E-state index is 0.0771. The van der Waals surface area contributed by atoms with E-state index in [4.69, 9.17) is 4.74 Å². The Kier molecular flexibility index (Phi) is 7.32. The van der Waals surface area contributed by atoms with Crippen LogP contribution in [0.3, 0.4) is 0 Å². The Hall–Kier alpha value is -1.67. The summed E-state index contributed by atoms with van der Waals surface area (Å²) in [6.07, 6.45) is -2.82. The number of H-pyrrole nitrogens is 1. The number of unbranched alkanes of at least 4 members (excludes halogenated alkanes) is 3. The highest BCUT2D eigenvalue weighted by molar-refractivity contribution is 5.09. The van der Waals surface area contributed by atoms with Gasteiger partial charge in [-0.2, -0.15) is 0 Å². The third-order valence-electron chi connectivity index (χ3n) is 5.10. The molecular formula is C17H28FN3O8. The number of hydrogen-bond donors (Lipinski definition) is 6. The lowest BCUT2D eigenvalue weighted by molar-refractivity contribution is -0.428. The van der Waals surface area contributed by atoms with Crippen LogP contribution in [0, 0.1) is 6.92 Å². The molecule has 11 nitrogen and oxygen atoms in total. The van der Waals surface area contributed by atoms with Crippen LogP contribution >= 0.6 is 0 Å². The predicted octanol–water partition coefficient (Wildman–Crippen LogP) is -1.15. The molecule has 6 N–H and O–H groups in total. The van der Waals surface area contributed by atoms with Gasteiger partial charge in [-0.3, -0.25) is 9.78 Å². The summed E-state index contributed by atoms with van der Waals surface area (Å²) < 4.78 is 20.1. The van der Waals surface area contributed by atoms with Crippen molar-refractivity contribution in [2.45, 2.75) is 76.1 Å². The molecule has 1 fully saturated rings. The Labute approximate surface area is 165 Å². The third-order valence-corrected chi connectivity index (χ3v) is 5.10. The molecule has 29 heavy (non-hydrogen) atoms. The molecule has 5 atom stereocenters. The van der Waals surface area contributed by atoms with Gasteiger partial charge in [0.2, 0.25) is 5.72 Å². The van der Waals surface area contributed by atoms with Gasteiger partial charge in [0.05, 0.1) is 6.61 Å². The van der Waals surface area contributed by atoms with Crippen LogP contribution in [-0.2, 0) is 10.6 Å². The molecule has 1 unspecified atom stereocenters. The molecular weight excluding hydrogens is 393 g/mol. The summed E-state index contributed by atoms with van der Waals surface area (Å²) in [7, 11) is 0. The molecule has 1 aliphatic heterocycles. The van der Waals surface area contributed by atoms with Crippen molar-refractivity contribution < 1.29 is 34.8 Å². The van der Waals surface area contributed by atoms with Gasteiger partial charge in [0, 0.05) is 11.8 Å². The lowest BCUT2D eigenvalue weighted by Gasteiger charge is -2.43. The molecule has 0 bridgehead atoms. The van der Waals surface area contributed by atoms with Crippen LogP contribution in [-0.4, -0.2) is 71.1 Å². The number of hydroxylamine groups is 2. The number of ether oxygens (including phenoxy) is 1.